The molecule has 0 aliphatic rings. The third kappa shape index (κ3) is 4.54. The third-order valence-electron chi connectivity index (χ3n) is 4.32. The van der Waals surface area contributed by atoms with E-state index in [0.717, 1.165) is 16.7 Å². The second-order valence-electron chi connectivity index (χ2n) is 6.24. The van der Waals surface area contributed by atoms with Gasteiger partial charge in [0.05, 0.1) is 6.04 Å². The van der Waals surface area contributed by atoms with Crippen LogP contribution in [0.2, 0.25) is 0 Å². The summed E-state index contributed by atoms with van der Waals surface area (Å²) in [6.07, 6.45) is 2.57. The summed E-state index contributed by atoms with van der Waals surface area (Å²) in [5.41, 5.74) is 3.28. The maximum atomic E-state index is 13.9. The zero-order valence-corrected chi connectivity index (χ0v) is 14.7. The van der Waals surface area contributed by atoms with Gasteiger partial charge in [0.25, 0.3) is 0 Å². The second-order valence-corrected chi connectivity index (χ2v) is 6.24. The monoisotopic (exact) mass is 348 g/mol. The van der Waals surface area contributed by atoms with Crippen LogP contribution in [-0.2, 0) is 11.2 Å². The summed E-state index contributed by atoms with van der Waals surface area (Å²) in [4.78, 5) is 15.9. The lowest BCUT2D eigenvalue weighted by Crippen LogP contribution is -2.26. The van der Waals surface area contributed by atoms with Crippen LogP contribution in [0.25, 0.3) is 11.1 Å². The molecule has 1 atom stereocenters. The first-order chi connectivity index (χ1) is 12.6. The average Bonchev–Trinajstić information content (AvgIpc) is 2.67. The number of amides is 1. The molecule has 1 aromatic heterocycles. The number of pyridine rings is 1. The minimum absolute atomic E-state index is 0.000635. The Bertz CT molecular complexity index is 880. The molecule has 0 bridgehead atoms. The molecular formula is C22H21FN2O. The van der Waals surface area contributed by atoms with E-state index in [-0.39, 0.29) is 11.9 Å². The first kappa shape index (κ1) is 17.8. The third-order valence-corrected chi connectivity index (χ3v) is 4.32. The summed E-state index contributed by atoms with van der Waals surface area (Å²) in [5, 5.41) is 3.01. The normalized spacial score (nSPS) is 11.8. The van der Waals surface area contributed by atoms with Gasteiger partial charge in [-0.05, 0) is 48.2 Å². The van der Waals surface area contributed by atoms with Gasteiger partial charge < -0.3 is 5.32 Å². The summed E-state index contributed by atoms with van der Waals surface area (Å²) < 4.78 is 13.9. The Hall–Kier alpha value is -3.01. The minimum Gasteiger partial charge on any atom is -0.350 e. The van der Waals surface area contributed by atoms with E-state index >= 15 is 0 Å². The molecule has 0 aliphatic heterocycles. The largest absolute Gasteiger partial charge is 0.350 e. The number of aryl methyl sites for hydroxylation is 1. The Morgan fingerprint density at radius 2 is 1.88 bits per heavy atom. The van der Waals surface area contributed by atoms with Crippen LogP contribution in [0, 0.1) is 5.95 Å². The van der Waals surface area contributed by atoms with E-state index in [9.17, 15) is 9.18 Å². The van der Waals surface area contributed by atoms with Crippen molar-refractivity contribution in [3.05, 3.63) is 90.0 Å². The molecule has 26 heavy (non-hydrogen) atoms. The van der Waals surface area contributed by atoms with E-state index in [0.29, 0.717) is 18.4 Å². The fourth-order valence-corrected chi connectivity index (χ4v) is 2.88. The van der Waals surface area contributed by atoms with Gasteiger partial charge in [0.2, 0.25) is 11.9 Å². The van der Waals surface area contributed by atoms with Crippen LogP contribution in [0.5, 0.6) is 0 Å². The van der Waals surface area contributed by atoms with Crippen molar-refractivity contribution in [3.63, 3.8) is 0 Å². The number of carbonyl (C=O) groups is 1. The van der Waals surface area contributed by atoms with Crippen molar-refractivity contribution < 1.29 is 9.18 Å². The first-order valence-electron chi connectivity index (χ1n) is 8.67. The van der Waals surface area contributed by atoms with Crippen molar-refractivity contribution in [3.8, 4) is 11.1 Å². The average molecular weight is 348 g/mol. The SMILES string of the molecule is CC(NC(=O)CCc1ccccc1)c1cccc(-c2cccnc2F)c1. The molecule has 1 amide bonds. The van der Waals surface area contributed by atoms with E-state index < -0.39 is 5.95 Å². The van der Waals surface area contributed by atoms with Gasteiger partial charge in [0.1, 0.15) is 0 Å². The van der Waals surface area contributed by atoms with Crippen molar-refractivity contribution in [2.45, 2.75) is 25.8 Å². The molecule has 3 nitrogen and oxygen atoms in total. The van der Waals surface area contributed by atoms with Crippen molar-refractivity contribution in [2.75, 3.05) is 0 Å². The van der Waals surface area contributed by atoms with Crippen molar-refractivity contribution in [1.82, 2.24) is 10.3 Å². The van der Waals surface area contributed by atoms with Gasteiger partial charge in [-0.3, -0.25) is 4.79 Å². The van der Waals surface area contributed by atoms with Crippen LogP contribution >= 0.6 is 0 Å². The summed E-state index contributed by atoms with van der Waals surface area (Å²) in [6, 6.07) is 20.7. The molecule has 0 saturated heterocycles. The number of benzene rings is 2. The predicted octanol–water partition coefficient (Wildman–Crippen LogP) is 4.70. The molecule has 2 aromatic carbocycles. The number of halogens is 1. The van der Waals surface area contributed by atoms with Crippen LogP contribution < -0.4 is 5.32 Å². The Balaban J connectivity index is 1.64. The van der Waals surface area contributed by atoms with Crippen LogP contribution in [0.4, 0.5) is 4.39 Å². The Labute approximate surface area is 152 Å². The highest BCUT2D eigenvalue weighted by Crippen LogP contribution is 2.24. The minimum atomic E-state index is -0.496. The molecule has 0 saturated carbocycles. The maximum Gasteiger partial charge on any atom is 0.220 e. The van der Waals surface area contributed by atoms with Crippen LogP contribution in [0.15, 0.2) is 72.9 Å². The van der Waals surface area contributed by atoms with Gasteiger partial charge in [0, 0.05) is 18.2 Å². The number of aromatic nitrogens is 1. The molecule has 0 fully saturated rings. The predicted molar refractivity (Wildman–Crippen MR) is 101 cm³/mol. The lowest BCUT2D eigenvalue weighted by molar-refractivity contribution is -0.121. The van der Waals surface area contributed by atoms with Crippen molar-refractivity contribution in [1.29, 1.82) is 0 Å². The van der Waals surface area contributed by atoms with Crippen molar-refractivity contribution >= 4 is 5.91 Å². The second kappa shape index (κ2) is 8.39. The molecule has 132 valence electrons. The summed E-state index contributed by atoms with van der Waals surface area (Å²) >= 11 is 0. The highest BCUT2D eigenvalue weighted by molar-refractivity contribution is 5.76. The van der Waals surface area contributed by atoms with E-state index in [4.69, 9.17) is 0 Å². The molecule has 1 unspecified atom stereocenters. The van der Waals surface area contributed by atoms with Gasteiger partial charge in [-0.1, -0.05) is 48.5 Å². The molecular weight excluding hydrogens is 327 g/mol. The zero-order chi connectivity index (χ0) is 18.4. The fraction of sp³-hybridized carbons (Fsp3) is 0.182. The highest BCUT2D eigenvalue weighted by Gasteiger charge is 2.12. The number of rotatable bonds is 6. The van der Waals surface area contributed by atoms with Crippen LogP contribution in [0.1, 0.15) is 30.5 Å². The molecule has 3 aromatic rings. The molecule has 3 rings (SSSR count). The quantitative estimate of drug-likeness (QED) is 0.656. The number of nitrogens with zero attached hydrogens (tertiary/aromatic N) is 1. The number of nitrogens with one attached hydrogen (secondary N) is 1. The molecule has 4 heteroatoms. The summed E-state index contributed by atoms with van der Waals surface area (Å²) in [5.74, 6) is -0.497. The highest BCUT2D eigenvalue weighted by atomic mass is 19.1. The Morgan fingerprint density at radius 1 is 1.08 bits per heavy atom. The number of carbonyl (C=O) groups excluding carboxylic acids is 1. The molecule has 1 N–H and O–H groups in total. The maximum absolute atomic E-state index is 13.9. The Morgan fingerprint density at radius 3 is 2.65 bits per heavy atom. The number of hydrogen-bond acceptors (Lipinski definition) is 2. The number of hydrogen-bond donors (Lipinski definition) is 1. The summed E-state index contributed by atoms with van der Waals surface area (Å²) in [6.45, 7) is 1.93. The summed E-state index contributed by atoms with van der Waals surface area (Å²) in [7, 11) is 0. The lowest BCUT2D eigenvalue weighted by atomic mass is 10.0. The standard InChI is InChI=1S/C22H21FN2O/c1-16(25-21(26)13-12-17-7-3-2-4-8-17)18-9-5-10-19(15-18)20-11-6-14-24-22(20)23/h2-11,14-16H,12-13H2,1H3,(H,25,26). The van der Waals surface area contributed by atoms with E-state index in [1.165, 1.54) is 6.20 Å². The van der Waals surface area contributed by atoms with E-state index in [1.807, 2.05) is 61.5 Å². The zero-order valence-electron chi connectivity index (χ0n) is 14.7. The van der Waals surface area contributed by atoms with Crippen LogP contribution in [0.3, 0.4) is 0 Å². The van der Waals surface area contributed by atoms with Gasteiger partial charge >= 0.3 is 0 Å². The Kier molecular flexibility index (Phi) is 5.74. The van der Waals surface area contributed by atoms with Gasteiger partial charge in [0.15, 0.2) is 0 Å². The molecule has 0 radical (unpaired) electrons. The lowest BCUT2D eigenvalue weighted by Gasteiger charge is -2.15. The molecule has 1 heterocycles. The first-order valence-corrected chi connectivity index (χ1v) is 8.67. The smallest absolute Gasteiger partial charge is 0.220 e. The van der Waals surface area contributed by atoms with Gasteiger partial charge in [-0.15, -0.1) is 0 Å². The fourth-order valence-electron chi connectivity index (χ4n) is 2.88. The van der Waals surface area contributed by atoms with Gasteiger partial charge in [-0.2, -0.15) is 4.39 Å². The van der Waals surface area contributed by atoms with E-state index in [2.05, 4.69) is 10.3 Å². The van der Waals surface area contributed by atoms with Crippen molar-refractivity contribution in [2.24, 2.45) is 0 Å². The van der Waals surface area contributed by atoms with E-state index in [1.54, 1.807) is 12.1 Å². The molecule has 0 aliphatic carbocycles. The van der Waals surface area contributed by atoms with Gasteiger partial charge in [-0.25, -0.2) is 4.98 Å². The van der Waals surface area contributed by atoms with Crippen LogP contribution in [-0.4, -0.2) is 10.9 Å². The topological polar surface area (TPSA) is 42.0 Å². The molecule has 0 spiro atoms.